The zero-order chi connectivity index (χ0) is 34.0. The van der Waals surface area contributed by atoms with E-state index >= 15 is 0 Å². The highest BCUT2D eigenvalue weighted by atomic mass is 16.5. The summed E-state index contributed by atoms with van der Waals surface area (Å²) < 4.78 is 7.51. The average Bonchev–Trinajstić information content (AvgIpc) is 3.46. The number of carbonyl (C=O) groups excluding carboxylic acids is 3. The second kappa shape index (κ2) is 13.8. The molecule has 248 valence electrons. The molecular formula is C38H39N3O7. The maximum absolute atomic E-state index is 13.6. The Morgan fingerprint density at radius 3 is 2.60 bits per heavy atom. The van der Waals surface area contributed by atoms with Crippen LogP contribution in [0.4, 0.5) is 0 Å². The Balaban J connectivity index is 1.11. The lowest BCUT2D eigenvalue weighted by Crippen LogP contribution is -2.43. The Labute approximate surface area is 278 Å². The molecule has 1 aliphatic heterocycles. The van der Waals surface area contributed by atoms with Gasteiger partial charge in [-0.2, -0.15) is 0 Å². The van der Waals surface area contributed by atoms with Crippen LogP contribution in [-0.2, 0) is 45.9 Å². The predicted octanol–water partition coefficient (Wildman–Crippen LogP) is 4.15. The van der Waals surface area contributed by atoms with Gasteiger partial charge in [-0.3, -0.25) is 19.2 Å². The number of hydrogen-bond acceptors (Lipinski definition) is 9. The van der Waals surface area contributed by atoms with Crippen molar-refractivity contribution in [2.24, 2.45) is 0 Å². The lowest BCUT2D eigenvalue weighted by Gasteiger charge is -2.32. The number of ketones is 2. The molecule has 1 atom stereocenters. The topological polar surface area (TPSA) is 148 Å². The minimum absolute atomic E-state index is 0.144. The Kier molecular flexibility index (Phi) is 9.50. The van der Waals surface area contributed by atoms with Gasteiger partial charge in [-0.05, 0) is 73.7 Å². The summed E-state index contributed by atoms with van der Waals surface area (Å²) in [7, 11) is 0. The van der Waals surface area contributed by atoms with Gasteiger partial charge in [0.25, 0.3) is 5.56 Å². The van der Waals surface area contributed by atoms with Crippen LogP contribution in [0.1, 0.15) is 72.9 Å². The Bertz CT molecular complexity index is 2010. The Morgan fingerprint density at radius 2 is 1.88 bits per heavy atom. The summed E-state index contributed by atoms with van der Waals surface area (Å²) in [6, 6.07) is 15.1. The summed E-state index contributed by atoms with van der Waals surface area (Å²) in [5.41, 5.74) is 4.66. The number of carbonyl (C=O) groups is 3. The van der Waals surface area contributed by atoms with Gasteiger partial charge in [0.1, 0.15) is 18.0 Å². The van der Waals surface area contributed by atoms with E-state index < -0.39 is 12.2 Å². The van der Waals surface area contributed by atoms with Crippen molar-refractivity contribution in [2.45, 2.75) is 71.1 Å². The number of nitrogens with zero attached hydrogens (tertiary/aromatic N) is 2. The van der Waals surface area contributed by atoms with E-state index in [0.29, 0.717) is 72.7 Å². The number of fused-ring (bicyclic) bond motifs is 5. The molecule has 0 radical (unpaired) electrons. The first-order valence-electron chi connectivity index (χ1n) is 16.5. The highest BCUT2D eigenvalue weighted by molar-refractivity contribution is 5.94. The number of pyridine rings is 2. The fraction of sp³-hybridized carbons (Fsp3) is 0.342. The van der Waals surface area contributed by atoms with E-state index in [1.165, 1.54) is 6.08 Å². The van der Waals surface area contributed by atoms with Crippen LogP contribution in [0, 0.1) is 0 Å². The molecule has 0 unspecified atom stereocenters. The van der Waals surface area contributed by atoms with Gasteiger partial charge in [-0.15, -0.1) is 0 Å². The number of aliphatic hydroxyl groups is 2. The van der Waals surface area contributed by atoms with Crippen LogP contribution in [-0.4, -0.2) is 50.5 Å². The summed E-state index contributed by atoms with van der Waals surface area (Å²) in [5, 5.41) is 24.2. The predicted molar refractivity (Wildman–Crippen MR) is 182 cm³/mol. The van der Waals surface area contributed by atoms with Gasteiger partial charge in [0.05, 0.1) is 23.4 Å². The number of Topliss-reactive ketones (excluding diaryl/α,β-unsaturated/α-hetero) is 1. The third-order valence-electron chi connectivity index (χ3n) is 9.38. The van der Waals surface area contributed by atoms with Gasteiger partial charge in [-0.25, -0.2) is 4.98 Å². The van der Waals surface area contributed by atoms with Crippen molar-refractivity contribution >= 4 is 34.5 Å². The maximum atomic E-state index is 13.6. The molecule has 3 heterocycles. The number of rotatable bonds is 12. The Hall–Kier alpha value is -4.77. The second-order valence-electron chi connectivity index (χ2n) is 12.4. The zero-order valence-electron chi connectivity index (χ0n) is 27.2. The van der Waals surface area contributed by atoms with Crippen molar-refractivity contribution in [3.63, 3.8) is 0 Å². The van der Waals surface area contributed by atoms with Crippen LogP contribution in [0.25, 0.3) is 28.4 Å². The minimum Gasteiger partial charge on any atom is -0.426 e. The van der Waals surface area contributed by atoms with Crippen molar-refractivity contribution in [1.82, 2.24) is 14.9 Å². The number of aryl methyl sites for hydroxylation is 1. The summed E-state index contributed by atoms with van der Waals surface area (Å²) in [6.07, 6.45) is 5.13. The van der Waals surface area contributed by atoms with Gasteiger partial charge in [0.15, 0.2) is 11.6 Å². The fourth-order valence-corrected chi connectivity index (χ4v) is 6.69. The normalized spacial score (nSPS) is 16.6. The number of hydrogen-bond donors (Lipinski definition) is 3. The lowest BCUT2D eigenvalue weighted by atomic mass is 9.77. The van der Waals surface area contributed by atoms with E-state index in [1.807, 2.05) is 43.3 Å². The monoisotopic (exact) mass is 649 g/mol. The van der Waals surface area contributed by atoms with Crippen molar-refractivity contribution < 1.29 is 29.3 Å². The molecule has 0 fully saturated rings. The fourth-order valence-electron chi connectivity index (χ4n) is 6.69. The van der Waals surface area contributed by atoms with Crippen molar-refractivity contribution in [3.05, 3.63) is 98.3 Å². The van der Waals surface area contributed by atoms with E-state index in [2.05, 4.69) is 5.32 Å². The molecular weight excluding hydrogens is 610 g/mol. The van der Waals surface area contributed by atoms with E-state index in [4.69, 9.17) is 14.8 Å². The molecule has 0 saturated carbocycles. The van der Waals surface area contributed by atoms with E-state index in [1.54, 1.807) is 29.7 Å². The molecule has 3 N–H and O–H groups in total. The van der Waals surface area contributed by atoms with E-state index in [-0.39, 0.29) is 42.4 Å². The third-order valence-corrected chi connectivity index (χ3v) is 9.38. The first kappa shape index (κ1) is 33.1. The highest BCUT2D eigenvalue weighted by Crippen LogP contribution is 2.40. The quantitative estimate of drug-likeness (QED) is 0.0785. The smallest absolute Gasteiger partial charge is 0.311 e. The number of benzene rings is 2. The molecule has 4 aromatic rings. The molecule has 2 aromatic heterocycles. The van der Waals surface area contributed by atoms with Gasteiger partial charge < -0.3 is 24.8 Å². The van der Waals surface area contributed by atoms with E-state index in [9.17, 15) is 24.3 Å². The maximum Gasteiger partial charge on any atom is 0.311 e. The van der Waals surface area contributed by atoms with Gasteiger partial charge in [0, 0.05) is 47.0 Å². The van der Waals surface area contributed by atoms with Gasteiger partial charge in [-0.1, -0.05) is 44.2 Å². The summed E-state index contributed by atoms with van der Waals surface area (Å²) >= 11 is 0. The molecule has 0 bridgehead atoms. The summed E-state index contributed by atoms with van der Waals surface area (Å²) in [5.74, 6) is -0.433. The van der Waals surface area contributed by atoms with Crippen LogP contribution in [0.5, 0.6) is 5.75 Å². The number of esters is 1. The average molecular weight is 650 g/mol. The first-order valence-corrected chi connectivity index (χ1v) is 16.5. The standard InChI is InChI=1S/C38H39N3O7/c1-3-27-29-18-25-21-41-32(19-30-28(37(41)46)13-16-34(44)38(30,47)4-2)36(25)40-31(29)14-15-33(27)48-35(45)6-5-17-39-20-24-9-7-23(8-10-24)11-12-26(43)22-42/h7-12,14-15,18-19,39,42,47H,3-6,13,16-17,20-22H2,1-2H3/b12-11+/t38-/m0/s1. The summed E-state index contributed by atoms with van der Waals surface area (Å²) in [6.45, 7) is 4.84. The molecule has 6 rings (SSSR count). The van der Waals surface area contributed by atoms with E-state index in [0.717, 1.165) is 27.6 Å². The molecule has 48 heavy (non-hydrogen) atoms. The van der Waals surface area contributed by atoms with Crippen LogP contribution in [0.15, 0.2) is 59.4 Å². The van der Waals surface area contributed by atoms with Crippen LogP contribution in [0.2, 0.25) is 0 Å². The largest absolute Gasteiger partial charge is 0.426 e. The molecule has 10 nitrogen and oxygen atoms in total. The van der Waals surface area contributed by atoms with Crippen molar-refractivity contribution in [3.8, 4) is 17.1 Å². The molecule has 1 aliphatic carbocycles. The lowest BCUT2D eigenvalue weighted by molar-refractivity contribution is -0.140. The molecule has 10 heteroatoms. The van der Waals surface area contributed by atoms with Gasteiger partial charge in [0.2, 0.25) is 0 Å². The number of aliphatic hydroxyl groups excluding tert-OH is 1. The first-order chi connectivity index (χ1) is 23.2. The molecule has 0 saturated heterocycles. The van der Waals surface area contributed by atoms with Crippen LogP contribution in [0.3, 0.4) is 0 Å². The van der Waals surface area contributed by atoms with Crippen LogP contribution < -0.4 is 15.6 Å². The summed E-state index contributed by atoms with van der Waals surface area (Å²) in [4.78, 5) is 55.2. The zero-order valence-corrected chi connectivity index (χ0v) is 27.2. The SMILES string of the molecule is CCc1c(OC(=O)CCCNCc2ccc(/C=C/C(=O)CO)cc2)ccc2nc3c(cc12)Cn1c-3cc2c(c1=O)CCC(=O)[C@]2(O)CC. The molecule has 0 amide bonds. The molecule has 0 spiro atoms. The van der Waals surface area contributed by atoms with Gasteiger partial charge >= 0.3 is 5.97 Å². The molecule has 2 aromatic carbocycles. The number of ether oxygens (including phenoxy) is 1. The van der Waals surface area contributed by atoms with Crippen molar-refractivity contribution in [1.29, 1.82) is 0 Å². The molecule has 2 aliphatic rings. The second-order valence-corrected chi connectivity index (χ2v) is 12.4. The number of nitrogens with one attached hydrogen (secondary N) is 1. The van der Waals surface area contributed by atoms with Crippen LogP contribution >= 0.6 is 0 Å². The third kappa shape index (κ3) is 6.26. The highest BCUT2D eigenvalue weighted by Gasteiger charge is 2.43. The Morgan fingerprint density at radius 1 is 1.08 bits per heavy atom. The number of aromatic nitrogens is 2. The van der Waals surface area contributed by atoms with Crippen molar-refractivity contribution in [2.75, 3.05) is 13.2 Å². The minimum atomic E-state index is -1.66.